The normalized spacial score (nSPS) is 42.0. The minimum Gasteiger partial charge on any atom is -0.0997 e. The molecule has 2 aliphatic heterocycles. The average molecular weight is 338 g/mol. The first kappa shape index (κ1) is 16.3. The SMILES string of the molecule is C1CCC(P2CCCC2C2CCCP2C2CCCCC2)CC1. The summed E-state index contributed by atoms with van der Waals surface area (Å²) in [5.74, 6) is 0. The fourth-order valence-electron chi connectivity index (χ4n) is 6.19. The predicted molar refractivity (Wildman–Crippen MR) is 103 cm³/mol. The van der Waals surface area contributed by atoms with Crippen LogP contribution in [0.25, 0.3) is 0 Å². The minimum absolute atomic E-state index is 0.431. The summed E-state index contributed by atoms with van der Waals surface area (Å²) in [7, 11) is 0.862. The lowest BCUT2D eigenvalue weighted by molar-refractivity contribution is 0.505. The zero-order chi connectivity index (χ0) is 14.8. The minimum atomic E-state index is 0.431. The van der Waals surface area contributed by atoms with Crippen molar-refractivity contribution in [3.8, 4) is 0 Å². The van der Waals surface area contributed by atoms with E-state index in [1.54, 1.807) is 102 Å². The lowest BCUT2D eigenvalue weighted by Crippen LogP contribution is -2.26. The Labute approximate surface area is 141 Å². The molecule has 0 amide bonds. The van der Waals surface area contributed by atoms with E-state index in [2.05, 4.69) is 0 Å². The van der Waals surface area contributed by atoms with Gasteiger partial charge in [0.25, 0.3) is 0 Å². The monoisotopic (exact) mass is 338 g/mol. The van der Waals surface area contributed by atoms with Gasteiger partial charge in [-0.3, -0.25) is 0 Å². The zero-order valence-electron chi connectivity index (χ0n) is 14.5. The third-order valence-electron chi connectivity index (χ3n) is 7.22. The van der Waals surface area contributed by atoms with Crippen LogP contribution in [0.3, 0.4) is 0 Å². The van der Waals surface area contributed by atoms with Crippen LogP contribution in [-0.4, -0.2) is 35.0 Å². The molecular weight excluding hydrogens is 302 g/mol. The van der Waals surface area contributed by atoms with Gasteiger partial charge in [0.15, 0.2) is 0 Å². The molecule has 4 atom stereocenters. The highest BCUT2D eigenvalue weighted by molar-refractivity contribution is 7.64. The average Bonchev–Trinajstić information content (AvgIpc) is 3.25. The highest BCUT2D eigenvalue weighted by atomic mass is 31.1. The Balaban J connectivity index is 1.44. The van der Waals surface area contributed by atoms with Crippen molar-refractivity contribution in [3.63, 3.8) is 0 Å². The van der Waals surface area contributed by atoms with E-state index in [-0.39, 0.29) is 0 Å². The van der Waals surface area contributed by atoms with E-state index in [9.17, 15) is 0 Å². The molecule has 0 bridgehead atoms. The van der Waals surface area contributed by atoms with Gasteiger partial charge in [0.1, 0.15) is 0 Å². The Hall–Kier alpha value is 0.860. The fourth-order valence-corrected chi connectivity index (χ4v) is 15.1. The molecule has 2 heterocycles. The maximum absolute atomic E-state index is 1.68. The molecule has 22 heavy (non-hydrogen) atoms. The molecule has 0 nitrogen and oxygen atoms in total. The van der Waals surface area contributed by atoms with Crippen LogP contribution >= 0.6 is 15.8 Å². The van der Waals surface area contributed by atoms with Gasteiger partial charge in [-0.2, -0.15) is 0 Å². The van der Waals surface area contributed by atoms with Crippen molar-refractivity contribution in [2.45, 2.75) is 113 Å². The molecule has 2 saturated heterocycles. The molecule has 0 aromatic carbocycles. The molecule has 4 unspecified atom stereocenters. The van der Waals surface area contributed by atoms with E-state index in [0.29, 0.717) is 15.8 Å². The van der Waals surface area contributed by atoms with Crippen LogP contribution < -0.4 is 0 Å². The van der Waals surface area contributed by atoms with Gasteiger partial charge < -0.3 is 0 Å². The summed E-state index contributed by atoms with van der Waals surface area (Å²) in [5.41, 5.74) is 4.90. The Kier molecular flexibility index (Phi) is 5.81. The second-order valence-corrected chi connectivity index (χ2v) is 14.2. The van der Waals surface area contributed by atoms with Crippen LogP contribution in [0.1, 0.15) is 89.9 Å². The molecule has 0 aromatic rings. The number of hydrogen-bond acceptors (Lipinski definition) is 0. The van der Waals surface area contributed by atoms with Crippen LogP contribution in [0.4, 0.5) is 0 Å². The standard InChI is InChI=1S/C20H36P2/c1-3-9-17(10-4-1)21-15-7-13-19(21)20-14-8-16-22(20)18-11-5-2-6-12-18/h17-20H,1-16H2. The fraction of sp³-hybridized carbons (Fsp3) is 1.00. The molecule has 0 spiro atoms. The second kappa shape index (κ2) is 7.83. The van der Waals surface area contributed by atoms with E-state index in [1.165, 1.54) is 22.6 Å². The summed E-state index contributed by atoms with van der Waals surface area (Å²) in [4.78, 5) is 0. The first-order valence-corrected chi connectivity index (χ1v) is 13.8. The van der Waals surface area contributed by atoms with Gasteiger partial charge in [0.05, 0.1) is 0 Å². The van der Waals surface area contributed by atoms with Crippen molar-refractivity contribution in [1.29, 1.82) is 0 Å². The van der Waals surface area contributed by atoms with Crippen LogP contribution in [0, 0.1) is 0 Å². The van der Waals surface area contributed by atoms with Crippen molar-refractivity contribution >= 4 is 15.8 Å². The molecular formula is C20H36P2. The summed E-state index contributed by atoms with van der Waals surface area (Å²) in [6.07, 6.45) is 25.7. The van der Waals surface area contributed by atoms with E-state index >= 15 is 0 Å². The van der Waals surface area contributed by atoms with Crippen LogP contribution in [-0.2, 0) is 0 Å². The van der Waals surface area contributed by atoms with Gasteiger partial charge in [-0.05, 0) is 86.3 Å². The molecule has 0 aromatic heterocycles. The molecule has 4 rings (SSSR count). The third-order valence-corrected chi connectivity index (χ3v) is 15.0. The predicted octanol–water partition coefficient (Wildman–Crippen LogP) is 6.94. The highest BCUT2D eigenvalue weighted by Gasteiger charge is 2.44. The summed E-state index contributed by atoms with van der Waals surface area (Å²) in [6.45, 7) is 0. The molecule has 0 N–H and O–H groups in total. The zero-order valence-corrected chi connectivity index (χ0v) is 16.3. The van der Waals surface area contributed by atoms with Gasteiger partial charge in [-0.15, -0.1) is 0 Å². The number of rotatable bonds is 3. The summed E-state index contributed by atoms with van der Waals surface area (Å²) in [5, 5.41) is 0. The van der Waals surface area contributed by atoms with Gasteiger partial charge >= 0.3 is 0 Å². The highest BCUT2D eigenvalue weighted by Crippen LogP contribution is 2.68. The molecule has 2 saturated carbocycles. The summed E-state index contributed by atoms with van der Waals surface area (Å²) in [6, 6.07) is 0. The van der Waals surface area contributed by atoms with E-state index in [0.717, 1.165) is 0 Å². The van der Waals surface area contributed by atoms with Crippen LogP contribution in [0.5, 0.6) is 0 Å². The van der Waals surface area contributed by atoms with Gasteiger partial charge in [0, 0.05) is 0 Å². The first-order valence-electron chi connectivity index (χ1n) is 10.4. The Morgan fingerprint density at radius 3 is 1.23 bits per heavy atom. The molecule has 4 aliphatic rings. The Bertz CT molecular complexity index is 310. The Morgan fingerprint density at radius 1 is 0.409 bits per heavy atom. The van der Waals surface area contributed by atoms with E-state index < -0.39 is 0 Å². The van der Waals surface area contributed by atoms with Crippen LogP contribution in [0.15, 0.2) is 0 Å². The molecule has 2 aliphatic carbocycles. The van der Waals surface area contributed by atoms with Crippen molar-refractivity contribution in [2.75, 3.05) is 12.3 Å². The van der Waals surface area contributed by atoms with Crippen molar-refractivity contribution in [2.24, 2.45) is 0 Å². The van der Waals surface area contributed by atoms with Crippen molar-refractivity contribution in [1.82, 2.24) is 0 Å². The molecule has 0 radical (unpaired) electrons. The topological polar surface area (TPSA) is 0 Å². The van der Waals surface area contributed by atoms with Gasteiger partial charge in [0.2, 0.25) is 0 Å². The van der Waals surface area contributed by atoms with Gasteiger partial charge in [-0.1, -0.05) is 54.4 Å². The van der Waals surface area contributed by atoms with E-state index in [1.807, 2.05) is 0 Å². The molecule has 2 heteroatoms. The quantitative estimate of drug-likeness (QED) is 0.489. The smallest absolute Gasteiger partial charge is 0.0139 e. The first-order chi connectivity index (χ1) is 10.9. The van der Waals surface area contributed by atoms with Crippen molar-refractivity contribution < 1.29 is 0 Å². The largest absolute Gasteiger partial charge is 0.0997 e. The third kappa shape index (κ3) is 3.45. The van der Waals surface area contributed by atoms with Gasteiger partial charge in [-0.25, -0.2) is 0 Å². The maximum Gasteiger partial charge on any atom is -0.0139 e. The molecule has 4 fully saturated rings. The summed E-state index contributed by atoms with van der Waals surface area (Å²) < 4.78 is 0. The lowest BCUT2D eigenvalue weighted by atomic mass is 10.0. The summed E-state index contributed by atoms with van der Waals surface area (Å²) >= 11 is 0. The maximum atomic E-state index is 1.68. The van der Waals surface area contributed by atoms with E-state index in [4.69, 9.17) is 0 Å². The Morgan fingerprint density at radius 2 is 0.818 bits per heavy atom. The second-order valence-electron chi connectivity index (χ2n) is 8.48. The number of hydrogen-bond donors (Lipinski definition) is 0. The van der Waals surface area contributed by atoms with Crippen molar-refractivity contribution in [3.05, 3.63) is 0 Å². The lowest BCUT2D eigenvalue weighted by Gasteiger charge is -2.40. The molecule has 126 valence electrons. The van der Waals surface area contributed by atoms with Crippen LogP contribution in [0.2, 0.25) is 0 Å².